The Hall–Kier alpha value is -1.60. The fraction of sp³-hybridized carbons (Fsp3) is 0.533. The monoisotopic (exact) mass is 326 g/mol. The lowest BCUT2D eigenvalue weighted by molar-refractivity contribution is 0.0996. The molecule has 0 aromatic heterocycles. The molecule has 0 spiro atoms. The van der Waals surface area contributed by atoms with E-state index in [1.165, 1.54) is 18.2 Å². The molecule has 1 aliphatic carbocycles. The van der Waals surface area contributed by atoms with Crippen LogP contribution >= 0.6 is 0 Å². The number of benzene rings is 1. The van der Waals surface area contributed by atoms with Crippen LogP contribution in [0.5, 0.6) is 5.75 Å². The van der Waals surface area contributed by atoms with E-state index in [0.717, 1.165) is 32.1 Å². The SMILES string of the molecule is CCOc1ccc(S(=O)(=O)NC2CCCCC2)cc1C(N)=O. The number of hydrogen-bond acceptors (Lipinski definition) is 4. The maximum atomic E-state index is 12.4. The van der Waals surface area contributed by atoms with E-state index in [1.807, 2.05) is 0 Å². The van der Waals surface area contributed by atoms with Gasteiger partial charge < -0.3 is 10.5 Å². The number of nitrogens with one attached hydrogen (secondary N) is 1. The molecule has 3 N–H and O–H groups in total. The summed E-state index contributed by atoms with van der Waals surface area (Å²) < 4.78 is 32.9. The van der Waals surface area contributed by atoms with Gasteiger partial charge in [0.2, 0.25) is 10.0 Å². The number of primary amides is 1. The molecule has 1 aromatic carbocycles. The Bertz CT molecular complexity index is 637. The highest BCUT2D eigenvalue weighted by molar-refractivity contribution is 7.89. The number of carbonyl (C=O) groups is 1. The van der Waals surface area contributed by atoms with Crippen LogP contribution in [-0.2, 0) is 10.0 Å². The molecule has 1 fully saturated rings. The van der Waals surface area contributed by atoms with Crippen LogP contribution in [0.15, 0.2) is 23.1 Å². The van der Waals surface area contributed by atoms with Gasteiger partial charge in [-0.2, -0.15) is 0 Å². The fourth-order valence-corrected chi connectivity index (χ4v) is 3.99. The van der Waals surface area contributed by atoms with E-state index in [9.17, 15) is 13.2 Å². The number of carbonyl (C=O) groups excluding carboxylic acids is 1. The highest BCUT2D eigenvalue weighted by Crippen LogP contribution is 2.24. The van der Waals surface area contributed by atoms with Gasteiger partial charge in [0.15, 0.2) is 0 Å². The Morgan fingerprint density at radius 3 is 2.59 bits per heavy atom. The van der Waals surface area contributed by atoms with Gasteiger partial charge in [-0.05, 0) is 38.0 Å². The number of sulfonamides is 1. The van der Waals surface area contributed by atoms with E-state index in [2.05, 4.69) is 4.72 Å². The third-order valence-corrected chi connectivity index (χ3v) is 5.27. The Kier molecular flexibility index (Phi) is 5.42. The van der Waals surface area contributed by atoms with Crippen molar-refractivity contribution in [2.75, 3.05) is 6.61 Å². The summed E-state index contributed by atoms with van der Waals surface area (Å²) >= 11 is 0. The molecule has 0 saturated heterocycles. The highest BCUT2D eigenvalue weighted by Gasteiger charge is 2.23. The molecular weight excluding hydrogens is 304 g/mol. The summed E-state index contributed by atoms with van der Waals surface area (Å²) in [4.78, 5) is 11.5. The van der Waals surface area contributed by atoms with Crippen molar-refractivity contribution in [3.63, 3.8) is 0 Å². The third kappa shape index (κ3) is 3.98. The molecule has 122 valence electrons. The first-order valence-corrected chi connectivity index (χ1v) is 9.01. The zero-order valence-corrected chi connectivity index (χ0v) is 13.5. The quantitative estimate of drug-likeness (QED) is 0.832. The van der Waals surface area contributed by atoms with Gasteiger partial charge >= 0.3 is 0 Å². The van der Waals surface area contributed by atoms with Crippen LogP contribution in [0, 0.1) is 0 Å². The van der Waals surface area contributed by atoms with Gasteiger partial charge in [-0.1, -0.05) is 19.3 Å². The summed E-state index contributed by atoms with van der Waals surface area (Å²) in [6.45, 7) is 2.15. The second kappa shape index (κ2) is 7.11. The summed E-state index contributed by atoms with van der Waals surface area (Å²) in [6, 6.07) is 4.14. The second-order valence-electron chi connectivity index (χ2n) is 5.41. The number of hydrogen-bond donors (Lipinski definition) is 2. The average molecular weight is 326 g/mol. The van der Waals surface area contributed by atoms with Gasteiger partial charge in [-0.15, -0.1) is 0 Å². The second-order valence-corrected chi connectivity index (χ2v) is 7.13. The molecule has 1 aliphatic rings. The van der Waals surface area contributed by atoms with Gasteiger partial charge in [0.1, 0.15) is 5.75 Å². The summed E-state index contributed by atoms with van der Waals surface area (Å²) in [5, 5.41) is 0. The predicted octanol–water partition coefficient (Wildman–Crippen LogP) is 1.80. The van der Waals surface area contributed by atoms with E-state index < -0.39 is 15.9 Å². The first-order chi connectivity index (χ1) is 10.4. The van der Waals surface area contributed by atoms with Crippen molar-refractivity contribution in [2.24, 2.45) is 5.73 Å². The van der Waals surface area contributed by atoms with Crippen LogP contribution in [0.25, 0.3) is 0 Å². The summed E-state index contributed by atoms with van der Waals surface area (Å²) in [7, 11) is -3.66. The predicted molar refractivity (Wildman–Crippen MR) is 83.3 cm³/mol. The average Bonchev–Trinajstić information content (AvgIpc) is 2.48. The molecule has 7 heteroatoms. The first-order valence-electron chi connectivity index (χ1n) is 7.53. The van der Waals surface area contributed by atoms with E-state index in [4.69, 9.17) is 10.5 Å². The lowest BCUT2D eigenvalue weighted by Crippen LogP contribution is -2.36. The molecule has 0 unspecified atom stereocenters. The summed E-state index contributed by atoms with van der Waals surface area (Å²) in [6.07, 6.45) is 4.90. The van der Waals surface area contributed by atoms with Crippen molar-refractivity contribution in [1.29, 1.82) is 0 Å². The van der Waals surface area contributed by atoms with Gasteiger partial charge in [0.05, 0.1) is 17.1 Å². The standard InChI is InChI=1S/C15H22N2O4S/c1-2-21-14-9-8-12(10-13(14)15(16)18)22(19,20)17-11-6-4-3-5-7-11/h8-11,17H,2-7H2,1H3,(H2,16,18). The Labute approximate surface area is 131 Å². The van der Waals surface area contributed by atoms with Gasteiger partial charge in [-0.3, -0.25) is 4.79 Å². The highest BCUT2D eigenvalue weighted by atomic mass is 32.2. The van der Waals surface area contributed by atoms with Crippen LogP contribution in [0.1, 0.15) is 49.4 Å². The molecule has 1 saturated carbocycles. The van der Waals surface area contributed by atoms with Crippen LogP contribution in [0.2, 0.25) is 0 Å². The van der Waals surface area contributed by atoms with E-state index in [0.29, 0.717) is 12.4 Å². The largest absolute Gasteiger partial charge is 0.493 e. The molecule has 0 bridgehead atoms. The molecule has 0 heterocycles. The third-order valence-electron chi connectivity index (χ3n) is 3.75. The Morgan fingerprint density at radius 1 is 1.32 bits per heavy atom. The number of rotatable bonds is 6. The van der Waals surface area contributed by atoms with Gasteiger partial charge in [0, 0.05) is 6.04 Å². The van der Waals surface area contributed by atoms with E-state index in [1.54, 1.807) is 6.92 Å². The minimum absolute atomic E-state index is 0.0373. The summed E-state index contributed by atoms with van der Waals surface area (Å²) in [5.74, 6) is -0.412. The minimum Gasteiger partial charge on any atom is -0.493 e. The van der Waals surface area contributed by atoms with Crippen molar-refractivity contribution >= 4 is 15.9 Å². The molecule has 6 nitrogen and oxygen atoms in total. The van der Waals surface area contributed by atoms with E-state index in [-0.39, 0.29) is 16.5 Å². The smallest absolute Gasteiger partial charge is 0.252 e. The topological polar surface area (TPSA) is 98.5 Å². The van der Waals surface area contributed by atoms with E-state index >= 15 is 0 Å². The van der Waals surface area contributed by atoms with Crippen LogP contribution < -0.4 is 15.2 Å². The zero-order valence-electron chi connectivity index (χ0n) is 12.7. The lowest BCUT2D eigenvalue weighted by atomic mass is 9.96. The number of amides is 1. The molecule has 2 rings (SSSR count). The molecular formula is C15H22N2O4S. The maximum Gasteiger partial charge on any atom is 0.252 e. The minimum atomic E-state index is -3.66. The molecule has 1 aromatic rings. The van der Waals surface area contributed by atoms with Crippen molar-refractivity contribution in [2.45, 2.75) is 50.0 Å². The molecule has 22 heavy (non-hydrogen) atoms. The van der Waals surface area contributed by atoms with Gasteiger partial charge in [-0.25, -0.2) is 13.1 Å². The fourth-order valence-electron chi connectivity index (χ4n) is 2.66. The molecule has 0 atom stereocenters. The normalized spacial score (nSPS) is 16.4. The van der Waals surface area contributed by atoms with Crippen LogP contribution in [0.3, 0.4) is 0 Å². The van der Waals surface area contributed by atoms with Crippen molar-refractivity contribution in [3.8, 4) is 5.75 Å². The van der Waals surface area contributed by atoms with Gasteiger partial charge in [0.25, 0.3) is 5.91 Å². The Morgan fingerprint density at radius 2 is 2.00 bits per heavy atom. The van der Waals surface area contributed by atoms with Crippen LogP contribution in [0.4, 0.5) is 0 Å². The van der Waals surface area contributed by atoms with Crippen molar-refractivity contribution < 1.29 is 17.9 Å². The number of nitrogens with two attached hydrogens (primary N) is 1. The maximum absolute atomic E-state index is 12.4. The number of ether oxygens (including phenoxy) is 1. The van der Waals surface area contributed by atoms with Crippen molar-refractivity contribution in [1.82, 2.24) is 4.72 Å². The lowest BCUT2D eigenvalue weighted by Gasteiger charge is -2.22. The zero-order chi connectivity index (χ0) is 16.2. The molecule has 0 aliphatic heterocycles. The molecule has 0 radical (unpaired) electrons. The van der Waals surface area contributed by atoms with Crippen LogP contribution in [-0.4, -0.2) is 27.0 Å². The Balaban J connectivity index is 2.26. The molecule has 1 amide bonds. The van der Waals surface area contributed by atoms with Crippen molar-refractivity contribution in [3.05, 3.63) is 23.8 Å². The summed E-state index contributed by atoms with van der Waals surface area (Å²) in [5.41, 5.74) is 5.38. The first kappa shape index (κ1) is 16.8.